The highest BCUT2D eigenvalue weighted by Crippen LogP contribution is 2.19. The molecule has 2 heterocycles. The molecule has 0 spiro atoms. The maximum Gasteiger partial charge on any atom is 0.257 e. The molecule has 1 aromatic carbocycles. The van der Waals surface area contributed by atoms with Gasteiger partial charge in [0.05, 0.1) is 6.54 Å². The van der Waals surface area contributed by atoms with Crippen molar-refractivity contribution in [3.8, 4) is 11.5 Å². The predicted molar refractivity (Wildman–Crippen MR) is 75.1 cm³/mol. The van der Waals surface area contributed by atoms with Crippen LogP contribution in [0.4, 0.5) is 0 Å². The molecular weight excluding hydrogens is 252 g/mol. The second-order valence-corrected chi connectivity index (χ2v) is 4.67. The molecule has 20 heavy (non-hydrogen) atoms. The summed E-state index contributed by atoms with van der Waals surface area (Å²) in [6.07, 6.45) is 5.58. The zero-order chi connectivity index (χ0) is 13.8. The summed E-state index contributed by atoms with van der Waals surface area (Å²) in [6.45, 7) is 2.83. The van der Waals surface area contributed by atoms with Crippen molar-refractivity contribution >= 4 is 0 Å². The molecule has 3 aromatic rings. The zero-order valence-electron chi connectivity index (χ0n) is 11.4. The molecule has 0 bridgehead atoms. The molecule has 5 nitrogen and oxygen atoms in total. The first-order valence-electron chi connectivity index (χ1n) is 6.74. The van der Waals surface area contributed by atoms with Crippen molar-refractivity contribution in [2.24, 2.45) is 0 Å². The summed E-state index contributed by atoms with van der Waals surface area (Å²) in [7, 11) is 0. The van der Waals surface area contributed by atoms with E-state index in [0.29, 0.717) is 5.89 Å². The van der Waals surface area contributed by atoms with Crippen LogP contribution in [0.15, 0.2) is 47.2 Å². The summed E-state index contributed by atoms with van der Waals surface area (Å²) in [5.41, 5.74) is 2.10. The van der Waals surface area contributed by atoms with Crippen LogP contribution < -0.4 is 0 Å². The van der Waals surface area contributed by atoms with E-state index in [1.165, 1.54) is 0 Å². The van der Waals surface area contributed by atoms with E-state index in [9.17, 15) is 0 Å². The maximum absolute atomic E-state index is 5.31. The van der Waals surface area contributed by atoms with Crippen LogP contribution in [0.1, 0.15) is 24.7 Å². The molecule has 0 N–H and O–H groups in total. The first-order valence-corrected chi connectivity index (χ1v) is 6.74. The van der Waals surface area contributed by atoms with Gasteiger partial charge in [0.2, 0.25) is 0 Å². The first-order chi connectivity index (χ1) is 9.85. The Labute approximate surface area is 117 Å². The Morgan fingerprint density at radius 1 is 1.25 bits per heavy atom. The third-order valence-electron chi connectivity index (χ3n) is 3.02. The predicted octanol–water partition coefficient (Wildman–Crippen LogP) is 2.93. The van der Waals surface area contributed by atoms with Gasteiger partial charge in [-0.1, -0.05) is 24.2 Å². The SMILES string of the molecule is CCCc1noc(-c2cccc(Cn3cccn3)c2)n1. The first kappa shape index (κ1) is 12.6. The molecule has 3 rings (SSSR count). The number of rotatable bonds is 5. The number of aryl methyl sites for hydroxylation is 1. The van der Waals surface area contributed by atoms with Crippen LogP contribution in [-0.2, 0) is 13.0 Å². The Bertz CT molecular complexity index is 673. The fourth-order valence-corrected chi connectivity index (χ4v) is 2.08. The van der Waals surface area contributed by atoms with Gasteiger partial charge in [0.1, 0.15) is 0 Å². The molecule has 102 valence electrons. The van der Waals surface area contributed by atoms with Crippen LogP contribution in [0.5, 0.6) is 0 Å². The highest BCUT2D eigenvalue weighted by atomic mass is 16.5. The number of benzene rings is 1. The molecule has 2 aromatic heterocycles. The van der Waals surface area contributed by atoms with Gasteiger partial charge >= 0.3 is 0 Å². The van der Waals surface area contributed by atoms with E-state index in [0.717, 1.165) is 36.3 Å². The van der Waals surface area contributed by atoms with E-state index in [1.807, 2.05) is 29.1 Å². The van der Waals surface area contributed by atoms with Crippen molar-refractivity contribution in [2.45, 2.75) is 26.3 Å². The zero-order valence-corrected chi connectivity index (χ0v) is 11.4. The van der Waals surface area contributed by atoms with E-state index in [4.69, 9.17) is 4.52 Å². The van der Waals surface area contributed by atoms with Gasteiger partial charge in [0, 0.05) is 24.4 Å². The van der Waals surface area contributed by atoms with Gasteiger partial charge in [-0.3, -0.25) is 4.68 Å². The fraction of sp³-hybridized carbons (Fsp3) is 0.267. The Balaban J connectivity index is 1.82. The molecule has 0 aliphatic carbocycles. The average molecular weight is 268 g/mol. The molecule has 0 amide bonds. The molecule has 0 unspecified atom stereocenters. The average Bonchev–Trinajstić information content (AvgIpc) is 3.11. The molecular formula is C15H16N4O. The normalized spacial score (nSPS) is 10.8. The van der Waals surface area contributed by atoms with Gasteiger partial charge in [0.25, 0.3) is 5.89 Å². The Hall–Kier alpha value is -2.43. The lowest BCUT2D eigenvalue weighted by molar-refractivity contribution is 0.422. The van der Waals surface area contributed by atoms with Gasteiger partial charge in [-0.05, 0) is 30.2 Å². The summed E-state index contributed by atoms with van der Waals surface area (Å²) in [5.74, 6) is 1.34. The third-order valence-corrected chi connectivity index (χ3v) is 3.02. The minimum Gasteiger partial charge on any atom is -0.334 e. The van der Waals surface area contributed by atoms with Gasteiger partial charge in [0.15, 0.2) is 5.82 Å². The lowest BCUT2D eigenvalue weighted by Crippen LogP contribution is -1.99. The van der Waals surface area contributed by atoms with Crippen LogP contribution in [-0.4, -0.2) is 19.9 Å². The monoisotopic (exact) mass is 268 g/mol. The van der Waals surface area contributed by atoms with Crippen molar-refractivity contribution in [1.82, 2.24) is 19.9 Å². The molecule has 5 heteroatoms. The van der Waals surface area contributed by atoms with E-state index < -0.39 is 0 Å². The van der Waals surface area contributed by atoms with Gasteiger partial charge in [-0.2, -0.15) is 10.1 Å². The van der Waals surface area contributed by atoms with Crippen LogP contribution in [0.3, 0.4) is 0 Å². The highest BCUT2D eigenvalue weighted by molar-refractivity contribution is 5.54. The van der Waals surface area contributed by atoms with E-state index >= 15 is 0 Å². The second kappa shape index (κ2) is 5.69. The van der Waals surface area contributed by atoms with Crippen molar-refractivity contribution in [1.29, 1.82) is 0 Å². The molecule has 0 radical (unpaired) electrons. The Morgan fingerprint density at radius 2 is 2.20 bits per heavy atom. The lowest BCUT2D eigenvalue weighted by Gasteiger charge is -2.03. The van der Waals surface area contributed by atoms with E-state index in [2.05, 4.69) is 34.3 Å². The molecule has 0 fully saturated rings. The van der Waals surface area contributed by atoms with Crippen molar-refractivity contribution in [3.05, 3.63) is 54.1 Å². The minimum atomic E-state index is 0.579. The molecule has 0 saturated carbocycles. The summed E-state index contributed by atoms with van der Waals surface area (Å²) in [5, 5.41) is 8.19. The quantitative estimate of drug-likeness (QED) is 0.714. The van der Waals surface area contributed by atoms with Crippen LogP contribution in [0, 0.1) is 0 Å². The Morgan fingerprint density at radius 3 is 3.00 bits per heavy atom. The molecule has 0 aliphatic rings. The third kappa shape index (κ3) is 2.77. The molecule has 0 saturated heterocycles. The Kier molecular flexibility index (Phi) is 3.58. The second-order valence-electron chi connectivity index (χ2n) is 4.67. The lowest BCUT2D eigenvalue weighted by atomic mass is 10.1. The topological polar surface area (TPSA) is 56.7 Å². The van der Waals surface area contributed by atoms with Crippen LogP contribution >= 0.6 is 0 Å². The largest absolute Gasteiger partial charge is 0.334 e. The van der Waals surface area contributed by atoms with Crippen molar-refractivity contribution in [3.63, 3.8) is 0 Å². The summed E-state index contributed by atoms with van der Waals surface area (Å²) in [6, 6.07) is 10.0. The molecule has 0 atom stereocenters. The van der Waals surface area contributed by atoms with Gasteiger partial charge < -0.3 is 4.52 Å². The highest BCUT2D eigenvalue weighted by Gasteiger charge is 2.08. The van der Waals surface area contributed by atoms with E-state index in [-0.39, 0.29) is 0 Å². The fourth-order valence-electron chi connectivity index (χ4n) is 2.08. The van der Waals surface area contributed by atoms with Gasteiger partial charge in [-0.25, -0.2) is 0 Å². The molecule has 0 aliphatic heterocycles. The summed E-state index contributed by atoms with van der Waals surface area (Å²) in [4.78, 5) is 4.41. The number of hydrogen-bond acceptors (Lipinski definition) is 4. The van der Waals surface area contributed by atoms with Crippen LogP contribution in [0.25, 0.3) is 11.5 Å². The van der Waals surface area contributed by atoms with Crippen molar-refractivity contribution < 1.29 is 4.52 Å². The number of hydrogen-bond donors (Lipinski definition) is 0. The summed E-state index contributed by atoms with van der Waals surface area (Å²) < 4.78 is 7.19. The smallest absolute Gasteiger partial charge is 0.257 e. The number of aromatic nitrogens is 4. The minimum absolute atomic E-state index is 0.579. The standard InChI is InChI=1S/C15H16N4O/c1-2-5-14-17-15(20-18-14)13-7-3-6-12(10-13)11-19-9-4-8-16-19/h3-4,6-10H,2,5,11H2,1H3. The van der Waals surface area contributed by atoms with Gasteiger partial charge in [-0.15, -0.1) is 0 Å². The maximum atomic E-state index is 5.31. The van der Waals surface area contributed by atoms with Crippen LogP contribution in [0.2, 0.25) is 0 Å². The van der Waals surface area contributed by atoms with E-state index in [1.54, 1.807) is 6.20 Å². The summed E-state index contributed by atoms with van der Waals surface area (Å²) >= 11 is 0. The van der Waals surface area contributed by atoms with Crippen molar-refractivity contribution in [2.75, 3.05) is 0 Å². The number of nitrogens with zero attached hydrogens (tertiary/aromatic N) is 4.